The number of allylic oxidation sites excluding steroid dienone is 1. The summed E-state index contributed by atoms with van der Waals surface area (Å²) in [6.45, 7) is 20.0. The lowest BCUT2D eigenvalue weighted by Gasteiger charge is -2.05. The van der Waals surface area contributed by atoms with E-state index in [1.165, 1.54) is 36.1 Å². The molecule has 0 aromatic carbocycles. The van der Waals surface area contributed by atoms with Gasteiger partial charge in [0.15, 0.2) is 5.82 Å². The second kappa shape index (κ2) is 16.4. The van der Waals surface area contributed by atoms with Crippen LogP contribution in [-0.2, 0) is 0 Å². The number of nitrogens with one attached hydrogen (secondary N) is 2. The second-order valence-electron chi connectivity index (χ2n) is 7.80. The molecule has 2 N–H and O–H groups in total. The van der Waals surface area contributed by atoms with E-state index in [1.807, 2.05) is 6.92 Å². The molecule has 1 aliphatic rings. The lowest BCUT2D eigenvalue weighted by molar-refractivity contribution is 0.702. The Morgan fingerprint density at radius 1 is 1.18 bits per heavy atom. The Morgan fingerprint density at radius 3 is 2.45 bits per heavy atom. The van der Waals surface area contributed by atoms with Crippen LogP contribution in [-0.4, -0.2) is 34.6 Å². The third-order valence-corrected chi connectivity index (χ3v) is 6.05. The van der Waals surface area contributed by atoms with Crippen LogP contribution in [0, 0.1) is 6.92 Å². The fourth-order valence-electron chi connectivity index (χ4n) is 3.25. The maximum absolute atomic E-state index is 5.93. The van der Waals surface area contributed by atoms with Crippen LogP contribution in [0.15, 0.2) is 41.2 Å². The minimum Gasteiger partial charge on any atom is -0.368 e. The fraction of sp³-hybridized carbons (Fsp3) is 0.500. The summed E-state index contributed by atoms with van der Waals surface area (Å²) in [5.41, 5.74) is 4.12. The number of thiophene rings is 1. The predicted molar refractivity (Wildman–Crippen MR) is 150 cm³/mol. The molecule has 2 aromatic rings. The molecule has 0 fully saturated rings. The van der Waals surface area contributed by atoms with E-state index < -0.39 is 0 Å². The van der Waals surface area contributed by atoms with Gasteiger partial charge in [0.2, 0.25) is 5.28 Å². The molecule has 182 valence electrons. The summed E-state index contributed by atoms with van der Waals surface area (Å²) in [5.74, 6) is 1.73. The number of aryl methyl sites for hydroxylation is 1. The molecule has 3 heterocycles. The lowest BCUT2D eigenvalue weighted by atomic mass is 10.1. The number of amidine groups is 1. The van der Waals surface area contributed by atoms with Gasteiger partial charge in [-0.25, -0.2) is 9.98 Å². The van der Waals surface area contributed by atoms with Gasteiger partial charge in [-0.15, -0.1) is 24.5 Å². The van der Waals surface area contributed by atoms with Crippen LogP contribution in [0.2, 0.25) is 5.28 Å². The zero-order valence-electron chi connectivity index (χ0n) is 20.8. The van der Waals surface area contributed by atoms with Crippen LogP contribution in [0.5, 0.6) is 0 Å². The Hall–Kier alpha value is -2.18. The number of hydrogen-bond acceptors (Lipinski definition) is 5. The van der Waals surface area contributed by atoms with Gasteiger partial charge >= 0.3 is 0 Å². The van der Waals surface area contributed by atoms with Gasteiger partial charge < -0.3 is 10.3 Å². The van der Waals surface area contributed by atoms with Crippen molar-refractivity contribution in [1.29, 1.82) is 0 Å². The van der Waals surface area contributed by atoms with Crippen LogP contribution in [0.4, 0.5) is 5.82 Å². The highest BCUT2D eigenvalue weighted by molar-refractivity contribution is 7.10. The predicted octanol–water partition coefficient (Wildman–Crippen LogP) is 8.34. The van der Waals surface area contributed by atoms with Crippen molar-refractivity contribution < 1.29 is 0 Å². The SMILES string of the molecule is C=C.C=C(C)c1[nH]c(Cl)nc1NCCCCC1=NCC(c2ccsc2C)=N1.CCCCCC. The lowest BCUT2D eigenvalue weighted by Crippen LogP contribution is -2.04. The number of rotatable bonds is 11. The molecule has 0 spiro atoms. The smallest absolute Gasteiger partial charge is 0.202 e. The summed E-state index contributed by atoms with van der Waals surface area (Å²) in [4.78, 5) is 17.8. The summed E-state index contributed by atoms with van der Waals surface area (Å²) in [5, 5.41) is 5.81. The monoisotopic (exact) mass is 489 g/mol. The molecular weight excluding hydrogens is 450 g/mol. The Kier molecular flexibility index (Phi) is 14.4. The Balaban J connectivity index is 0.000000593. The number of hydrogen-bond donors (Lipinski definition) is 2. The Bertz CT molecular complexity index is 906. The van der Waals surface area contributed by atoms with Crippen molar-refractivity contribution >= 4 is 45.9 Å². The highest BCUT2D eigenvalue weighted by atomic mass is 35.5. The van der Waals surface area contributed by atoms with Crippen molar-refractivity contribution in [3.05, 3.63) is 52.6 Å². The number of halogens is 1. The summed E-state index contributed by atoms with van der Waals surface area (Å²) < 4.78 is 0. The minimum atomic E-state index is 0.381. The van der Waals surface area contributed by atoms with Gasteiger partial charge in [0.25, 0.3) is 0 Å². The zero-order valence-corrected chi connectivity index (χ0v) is 22.3. The first kappa shape index (κ1) is 28.9. The van der Waals surface area contributed by atoms with Crippen molar-refractivity contribution in [3.63, 3.8) is 0 Å². The molecule has 0 bridgehead atoms. The first-order valence-electron chi connectivity index (χ1n) is 11.8. The molecule has 0 radical (unpaired) electrons. The van der Waals surface area contributed by atoms with E-state index in [1.54, 1.807) is 11.3 Å². The Morgan fingerprint density at radius 2 is 1.88 bits per heavy atom. The van der Waals surface area contributed by atoms with E-state index >= 15 is 0 Å². The number of aromatic nitrogens is 2. The number of aliphatic imine (C=N–C) groups is 2. The van der Waals surface area contributed by atoms with E-state index in [2.05, 4.69) is 72.2 Å². The maximum Gasteiger partial charge on any atom is 0.202 e. The molecule has 0 unspecified atom stereocenters. The molecule has 33 heavy (non-hydrogen) atoms. The second-order valence-corrected chi connectivity index (χ2v) is 9.28. The van der Waals surface area contributed by atoms with E-state index in [-0.39, 0.29) is 0 Å². The van der Waals surface area contributed by atoms with Crippen molar-refractivity contribution in [2.45, 2.75) is 72.6 Å². The van der Waals surface area contributed by atoms with E-state index in [4.69, 9.17) is 16.6 Å². The van der Waals surface area contributed by atoms with Crippen LogP contribution in [0.3, 0.4) is 0 Å². The molecule has 0 aliphatic carbocycles. The quantitative estimate of drug-likeness (QED) is 0.246. The summed E-state index contributed by atoms with van der Waals surface area (Å²) in [7, 11) is 0. The summed E-state index contributed by atoms with van der Waals surface area (Å²) >= 11 is 7.68. The van der Waals surface area contributed by atoms with Gasteiger partial charge in [-0.1, -0.05) is 46.1 Å². The summed E-state index contributed by atoms with van der Waals surface area (Å²) in [6.07, 6.45) is 8.49. The molecule has 3 rings (SSSR count). The van der Waals surface area contributed by atoms with Gasteiger partial charge in [-0.3, -0.25) is 4.99 Å². The molecule has 0 saturated heterocycles. The normalized spacial score (nSPS) is 12.2. The summed E-state index contributed by atoms with van der Waals surface area (Å²) in [6, 6.07) is 2.13. The fourth-order valence-corrected chi connectivity index (χ4v) is 4.15. The number of anilines is 1. The topological polar surface area (TPSA) is 65.4 Å². The van der Waals surface area contributed by atoms with Crippen molar-refractivity contribution in [3.8, 4) is 0 Å². The largest absolute Gasteiger partial charge is 0.368 e. The number of H-pyrrole nitrogens is 1. The van der Waals surface area contributed by atoms with E-state index in [9.17, 15) is 0 Å². The number of unbranched alkanes of at least 4 members (excludes halogenated alkanes) is 4. The highest BCUT2D eigenvalue weighted by Crippen LogP contribution is 2.22. The number of aromatic amines is 1. The molecular formula is C26H40ClN5S. The van der Waals surface area contributed by atoms with E-state index in [0.29, 0.717) is 11.8 Å². The first-order chi connectivity index (χ1) is 16.0. The van der Waals surface area contributed by atoms with Gasteiger partial charge in [0.05, 0.1) is 18.0 Å². The van der Waals surface area contributed by atoms with Crippen molar-refractivity contribution in [2.24, 2.45) is 9.98 Å². The molecule has 0 atom stereocenters. The molecule has 7 heteroatoms. The van der Waals surface area contributed by atoms with Gasteiger partial charge in [0, 0.05) is 23.4 Å². The average molecular weight is 490 g/mol. The van der Waals surface area contributed by atoms with Gasteiger partial charge in [-0.2, -0.15) is 0 Å². The van der Waals surface area contributed by atoms with Crippen LogP contribution >= 0.6 is 22.9 Å². The third kappa shape index (κ3) is 10.1. The van der Waals surface area contributed by atoms with Crippen molar-refractivity contribution in [1.82, 2.24) is 9.97 Å². The molecule has 0 saturated carbocycles. The molecule has 0 amide bonds. The minimum absolute atomic E-state index is 0.381. The van der Waals surface area contributed by atoms with E-state index in [0.717, 1.165) is 54.4 Å². The molecule has 2 aromatic heterocycles. The van der Waals surface area contributed by atoms with Crippen molar-refractivity contribution in [2.75, 3.05) is 18.4 Å². The third-order valence-electron chi connectivity index (χ3n) is 5.02. The maximum atomic E-state index is 5.93. The first-order valence-corrected chi connectivity index (χ1v) is 13.0. The standard InChI is InChI=1S/C18H22ClN5S.C6H14.C2H4/c1-11(2)16-17(24-18(19)23-16)20-8-5-4-6-15-21-10-14(22-15)13-7-9-25-12(13)3;1-3-5-6-4-2;1-2/h7,9,20H,1,4-6,8,10H2,2-3H3,(H,23,24);3-6H2,1-2H3;1-2H2. The zero-order chi connectivity index (χ0) is 24.6. The highest BCUT2D eigenvalue weighted by Gasteiger charge is 2.14. The van der Waals surface area contributed by atoms with Crippen LogP contribution < -0.4 is 5.32 Å². The average Bonchev–Trinajstić information content (AvgIpc) is 3.53. The number of imidazole rings is 1. The van der Waals surface area contributed by atoms with Crippen LogP contribution in [0.25, 0.3) is 5.57 Å². The molecule has 5 nitrogen and oxygen atoms in total. The molecule has 1 aliphatic heterocycles. The number of nitrogens with zero attached hydrogens (tertiary/aromatic N) is 3. The van der Waals surface area contributed by atoms with Gasteiger partial charge in [0.1, 0.15) is 5.84 Å². The Labute approximate surface area is 209 Å². The van der Waals surface area contributed by atoms with Gasteiger partial charge in [-0.05, 0) is 55.3 Å². The van der Waals surface area contributed by atoms with Crippen LogP contribution in [0.1, 0.15) is 81.9 Å².